The minimum absolute atomic E-state index is 0.232. The van der Waals surface area contributed by atoms with E-state index in [0.29, 0.717) is 17.6 Å². The number of amides is 1. The molecule has 4 nitrogen and oxygen atoms in total. The zero-order valence-corrected chi connectivity index (χ0v) is 13.0. The highest BCUT2D eigenvalue weighted by molar-refractivity contribution is 6.29. The molecule has 1 atom stereocenters. The lowest BCUT2D eigenvalue weighted by molar-refractivity contribution is 0.0198. The summed E-state index contributed by atoms with van der Waals surface area (Å²) in [6.07, 6.45) is 3.60. The number of pyridine rings is 1. The first-order chi connectivity index (χ1) is 9.35. The fourth-order valence-corrected chi connectivity index (χ4v) is 2.48. The molecule has 0 radical (unpaired) electrons. The van der Waals surface area contributed by atoms with Crippen molar-refractivity contribution in [2.45, 2.75) is 45.1 Å². The van der Waals surface area contributed by atoms with Gasteiger partial charge in [-0.3, -0.25) is 0 Å². The minimum Gasteiger partial charge on any atom is -0.444 e. The molecule has 2 heterocycles. The quantitative estimate of drug-likeness (QED) is 0.739. The lowest BCUT2D eigenvalue weighted by atomic mass is 9.92. The number of hydrogen-bond donors (Lipinski definition) is 0. The SMILES string of the molecule is CC(C)(C)OC(=O)N1CCCC(c2ccc(Cl)nc2)C1. The van der Waals surface area contributed by atoms with E-state index >= 15 is 0 Å². The van der Waals surface area contributed by atoms with Gasteiger partial charge in [0.1, 0.15) is 10.8 Å². The van der Waals surface area contributed by atoms with Crippen LogP contribution in [0, 0.1) is 0 Å². The van der Waals surface area contributed by atoms with Crippen LogP contribution >= 0.6 is 11.6 Å². The number of nitrogens with zero attached hydrogens (tertiary/aromatic N) is 2. The lowest BCUT2D eigenvalue weighted by Gasteiger charge is -2.34. The van der Waals surface area contributed by atoms with Gasteiger partial charge in [-0.2, -0.15) is 0 Å². The van der Waals surface area contributed by atoms with Crippen molar-refractivity contribution in [1.29, 1.82) is 0 Å². The van der Waals surface area contributed by atoms with Crippen molar-refractivity contribution in [2.24, 2.45) is 0 Å². The summed E-state index contributed by atoms with van der Waals surface area (Å²) in [6.45, 7) is 7.09. The van der Waals surface area contributed by atoms with E-state index in [2.05, 4.69) is 4.98 Å². The van der Waals surface area contributed by atoms with E-state index in [1.165, 1.54) is 0 Å². The van der Waals surface area contributed by atoms with E-state index in [9.17, 15) is 4.79 Å². The van der Waals surface area contributed by atoms with Gasteiger partial charge in [0, 0.05) is 25.2 Å². The van der Waals surface area contributed by atoms with Crippen LogP contribution in [0.4, 0.5) is 4.79 Å². The molecule has 0 saturated carbocycles. The van der Waals surface area contributed by atoms with Gasteiger partial charge in [0.2, 0.25) is 0 Å². The largest absolute Gasteiger partial charge is 0.444 e. The molecule has 0 bridgehead atoms. The molecular formula is C15H21ClN2O2. The van der Waals surface area contributed by atoms with E-state index in [-0.39, 0.29) is 6.09 Å². The maximum Gasteiger partial charge on any atom is 0.410 e. The van der Waals surface area contributed by atoms with Gasteiger partial charge in [-0.15, -0.1) is 0 Å². The molecule has 1 aromatic rings. The molecule has 20 heavy (non-hydrogen) atoms. The number of carbonyl (C=O) groups excluding carboxylic acids is 1. The third-order valence-electron chi connectivity index (χ3n) is 3.29. The normalized spacial score (nSPS) is 19.8. The molecule has 0 aromatic carbocycles. The molecule has 110 valence electrons. The fraction of sp³-hybridized carbons (Fsp3) is 0.600. The van der Waals surface area contributed by atoms with Crippen molar-refractivity contribution in [2.75, 3.05) is 13.1 Å². The summed E-state index contributed by atoms with van der Waals surface area (Å²) in [5, 5.41) is 0.494. The van der Waals surface area contributed by atoms with Crippen LogP contribution in [0.5, 0.6) is 0 Å². The predicted octanol–water partition coefficient (Wildman–Crippen LogP) is 3.85. The zero-order chi connectivity index (χ0) is 14.8. The van der Waals surface area contributed by atoms with Crippen LogP contribution in [0.15, 0.2) is 18.3 Å². The van der Waals surface area contributed by atoms with Gasteiger partial charge >= 0.3 is 6.09 Å². The van der Waals surface area contributed by atoms with Gasteiger partial charge in [-0.1, -0.05) is 17.7 Å². The molecule has 1 saturated heterocycles. The van der Waals surface area contributed by atoms with Gasteiger partial charge in [-0.05, 0) is 45.2 Å². The molecular weight excluding hydrogens is 276 g/mol. The number of hydrogen-bond acceptors (Lipinski definition) is 3. The first kappa shape index (κ1) is 15.1. The van der Waals surface area contributed by atoms with Crippen LogP contribution in [0.2, 0.25) is 5.15 Å². The number of aromatic nitrogens is 1. The van der Waals surface area contributed by atoms with Crippen LogP contribution < -0.4 is 0 Å². The third kappa shape index (κ3) is 4.10. The second kappa shape index (κ2) is 6.00. The maximum atomic E-state index is 12.1. The Morgan fingerprint density at radius 1 is 1.45 bits per heavy atom. The monoisotopic (exact) mass is 296 g/mol. The van der Waals surface area contributed by atoms with Crippen molar-refractivity contribution < 1.29 is 9.53 Å². The molecule has 1 amide bonds. The van der Waals surface area contributed by atoms with E-state index < -0.39 is 5.60 Å². The Morgan fingerprint density at radius 2 is 2.20 bits per heavy atom. The van der Waals surface area contributed by atoms with Crippen molar-refractivity contribution >= 4 is 17.7 Å². The Balaban J connectivity index is 2.01. The third-order valence-corrected chi connectivity index (χ3v) is 3.52. The molecule has 1 aliphatic heterocycles. The van der Waals surface area contributed by atoms with Crippen LogP contribution in [0.25, 0.3) is 0 Å². The molecule has 1 aliphatic rings. The number of piperidine rings is 1. The van der Waals surface area contributed by atoms with Gasteiger partial charge in [0.05, 0.1) is 0 Å². The van der Waals surface area contributed by atoms with Gasteiger partial charge in [0.15, 0.2) is 0 Å². The van der Waals surface area contributed by atoms with Crippen molar-refractivity contribution in [3.63, 3.8) is 0 Å². The molecule has 1 aromatic heterocycles. The summed E-state index contributed by atoms with van der Waals surface area (Å²) in [5.41, 5.74) is 0.675. The van der Waals surface area contributed by atoms with Crippen molar-refractivity contribution in [1.82, 2.24) is 9.88 Å². The summed E-state index contributed by atoms with van der Waals surface area (Å²) >= 11 is 5.81. The Kier molecular flexibility index (Phi) is 4.53. The number of halogens is 1. The number of ether oxygens (including phenoxy) is 1. The van der Waals surface area contributed by atoms with Gasteiger partial charge in [0.25, 0.3) is 0 Å². The average molecular weight is 297 g/mol. The highest BCUT2D eigenvalue weighted by atomic mass is 35.5. The predicted molar refractivity (Wildman–Crippen MR) is 79.0 cm³/mol. The van der Waals surface area contributed by atoms with Crippen LogP contribution in [0.1, 0.15) is 45.1 Å². The topological polar surface area (TPSA) is 42.4 Å². The highest BCUT2D eigenvalue weighted by Crippen LogP contribution is 2.27. The average Bonchev–Trinajstić information content (AvgIpc) is 2.38. The van der Waals surface area contributed by atoms with Crippen molar-refractivity contribution in [3.8, 4) is 0 Å². The Morgan fingerprint density at radius 3 is 2.80 bits per heavy atom. The number of carbonyl (C=O) groups is 1. The standard InChI is InChI=1S/C15H21ClN2O2/c1-15(2,3)20-14(19)18-8-4-5-12(10-18)11-6-7-13(16)17-9-11/h6-7,9,12H,4-5,8,10H2,1-3H3. The summed E-state index contributed by atoms with van der Waals surface area (Å²) in [4.78, 5) is 18.0. The van der Waals surface area contributed by atoms with Crippen LogP contribution in [0.3, 0.4) is 0 Å². The first-order valence-electron chi connectivity index (χ1n) is 6.94. The van der Waals surface area contributed by atoms with Crippen LogP contribution in [-0.4, -0.2) is 34.7 Å². The Hall–Kier alpha value is -1.29. The molecule has 2 rings (SSSR count). The summed E-state index contributed by atoms with van der Waals surface area (Å²) in [7, 11) is 0. The minimum atomic E-state index is -0.453. The molecule has 0 spiro atoms. The fourth-order valence-electron chi connectivity index (χ4n) is 2.37. The van der Waals surface area contributed by atoms with Crippen molar-refractivity contribution in [3.05, 3.63) is 29.0 Å². The van der Waals surface area contributed by atoms with Gasteiger partial charge in [-0.25, -0.2) is 9.78 Å². The lowest BCUT2D eigenvalue weighted by Crippen LogP contribution is -2.42. The molecule has 5 heteroatoms. The highest BCUT2D eigenvalue weighted by Gasteiger charge is 2.28. The Bertz CT molecular complexity index is 468. The van der Waals surface area contributed by atoms with E-state index in [1.807, 2.05) is 26.8 Å². The van der Waals surface area contributed by atoms with E-state index in [4.69, 9.17) is 16.3 Å². The summed E-state index contributed by atoms with van der Waals surface area (Å²) in [6, 6.07) is 3.78. The Labute approximate surface area is 125 Å². The molecule has 1 fully saturated rings. The smallest absolute Gasteiger partial charge is 0.410 e. The maximum absolute atomic E-state index is 12.1. The second-order valence-electron chi connectivity index (χ2n) is 6.18. The number of rotatable bonds is 1. The first-order valence-corrected chi connectivity index (χ1v) is 7.32. The van der Waals surface area contributed by atoms with Gasteiger partial charge < -0.3 is 9.64 Å². The second-order valence-corrected chi connectivity index (χ2v) is 6.57. The van der Waals surface area contributed by atoms with Crippen LogP contribution in [-0.2, 0) is 4.74 Å². The summed E-state index contributed by atoms with van der Waals surface area (Å²) in [5.74, 6) is 0.307. The summed E-state index contributed by atoms with van der Waals surface area (Å²) < 4.78 is 5.43. The van der Waals surface area contributed by atoms with E-state index in [0.717, 1.165) is 24.9 Å². The molecule has 0 aliphatic carbocycles. The molecule has 0 N–H and O–H groups in total. The number of likely N-dealkylation sites (tertiary alicyclic amines) is 1. The molecule has 1 unspecified atom stereocenters. The zero-order valence-electron chi connectivity index (χ0n) is 12.2. The van der Waals surface area contributed by atoms with E-state index in [1.54, 1.807) is 17.2 Å².